The summed E-state index contributed by atoms with van der Waals surface area (Å²) in [5.74, 6) is 2.10. The van der Waals surface area contributed by atoms with Gasteiger partial charge < -0.3 is 25.2 Å². The quantitative estimate of drug-likeness (QED) is 0.314. The number of hydrogen-bond donors (Lipinski definition) is 3. The maximum atomic E-state index is 13.7. The number of fused-ring (bicyclic) bond motifs is 2. The minimum Gasteiger partial charge on any atom is -0.482 e. The second-order valence-corrected chi connectivity index (χ2v) is 13.0. The van der Waals surface area contributed by atoms with E-state index in [1.807, 2.05) is 29.2 Å². The van der Waals surface area contributed by atoms with E-state index in [0.29, 0.717) is 36.1 Å². The molecule has 210 valence electrons. The number of aliphatic hydroxyl groups excluding tert-OH is 2. The highest BCUT2D eigenvalue weighted by Gasteiger charge is 2.55. The van der Waals surface area contributed by atoms with Crippen molar-refractivity contribution in [1.82, 2.24) is 10.2 Å². The molecule has 0 spiro atoms. The van der Waals surface area contributed by atoms with Crippen LogP contribution in [0, 0.1) is 26.7 Å². The Balaban J connectivity index is 1.63. The van der Waals surface area contributed by atoms with Crippen LogP contribution in [-0.4, -0.2) is 64.9 Å². The number of ether oxygens (including phenoxy) is 1. The normalized spacial score (nSPS) is 29.6. The number of hydrogen-bond acceptors (Lipinski definition) is 5. The van der Waals surface area contributed by atoms with Crippen molar-refractivity contribution in [2.45, 2.75) is 84.0 Å². The van der Waals surface area contributed by atoms with E-state index in [4.69, 9.17) is 4.74 Å². The van der Waals surface area contributed by atoms with E-state index in [2.05, 4.69) is 48.7 Å². The molecular formula is C30H43IN2O5. The van der Waals surface area contributed by atoms with Crippen molar-refractivity contribution in [3.05, 3.63) is 39.5 Å². The fraction of sp³-hybridized carbons (Fsp3) is 0.667. The van der Waals surface area contributed by atoms with Crippen LogP contribution in [0.1, 0.15) is 65.7 Å². The van der Waals surface area contributed by atoms with Gasteiger partial charge in [0.15, 0.2) is 0 Å². The first-order valence-electron chi connectivity index (χ1n) is 14.2. The predicted molar refractivity (Wildman–Crippen MR) is 156 cm³/mol. The molecule has 6 atom stereocenters. The Kier molecular flexibility index (Phi) is 9.79. The zero-order chi connectivity index (χ0) is 27.4. The maximum Gasteiger partial charge on any atom is 0.247 e. The summed E-state index contributed by atoms with van der Waals surface area (Å²) in [4.78, 5) is 28.6. The minimum absolute atomic E-state index is 0.0419. The molecule has 0 aromatic heterocycles. The summed E-state index contributed by atoms with van der Waals surface area (Å²) in [5, 5.41) is 23.6. The Bertz CT molecular complexity index is 1030. The second kappa shape index (κ2) is 12.7. The number of unbranched alkanes of at least 4 members (excludes halogenated alkanes) is 1. The third-order valence-corrected chi connectivity index (χ3v) is 10.1. The lowest BCUT2D eigenvalue weighted by atomic mass is 9.45. The molecule has 3 N–H and O–H groups in total. The smallest absolute Gasteiger partial charge is 0.247 e. The van der Waals surface area contributed by atoms with Crippen LogP contribution in [0.25, 0.3) is 0 Å². The lowest BCUT2D eigenvalue weighted by Crippen LogP contribution is -2.59. The Morgan fingerprint density at radius 3 is 2.66 bits per heavy atom. The van der Waals surface area contributed by atoms with Gasteiger partial charge in [0.2, 0.25) is 11.8 Å². The van der Waals surface area contributed by atoms with Crippen molar-refractivity contribution in [1.29, 1.82) is 0 Å². The van der Waals surface area contributed by atoms with Crippen LogP contribution < -0.4 is 10.1 Å². The molecule has 38 heavy (non-hydrogen) atoms. The molecule has 0 saturated heterocycles. The van der Waals surface area contributed by atoms with Crippen molar-refractivity contribution in [3.63, 3.8) is 0 Å². The van der Waals surface area contributed by atoms with Gasteiger partial charge in [-0.1, -0.05) is 39.3 Å². The van der Waals surface area contributed by atoms with Crippen LogP contribution in [-0.2, 0) is 9.59 Å². The number of para-hydroxylation sites is 1. The largest absolute Gasteiger partial charge is 0.482 e. The van der Waals surface area contributed by atoms with E-state index in [0.717, 1.165) is 28.8 Å². The fourth-order valence-corrected chi connectivity index (χ4v) is 7.31. The van der Waals surface area contributed by atoms with Gasteiger partial charge in [-0.05, 0) is 89.7 Å². The van der Waals surface area contributed by atoms with Crippen LogP contribution in [0.5, 0.6) is 5.75 Å². The van der Waals surface area contributed by atoms with E-state index in [-0.39, 0.29) is 36.8 Å². The molecule has 3 saturated carbocycles. The van der Waals surface area contributed by atoms with Crippen molar-refractivity contribution in [3.8, 4) is 5.75 Å². The van der Waals surface area contributed by atoms with Crippen molar-refractivity contribution < 1.29 is 24.5 Å². The van der Waals surface area contributed by atoms with E-state index in [9.17, 15) is 19.8 Å². The Morgan fingerprint density at radius 1 is 1.24 bits per heavy atom. The molecule has 5 rings (SSSR count). The van der Waals surface area contributed by atoms with Gasteiger partial charge in [-0.25, -0.2) is 0 Å². The Labute approximate surface area is 240 Å². The zero-order valence-corrected chi connectivity index (χ0v) is 25.0. The van der Waals surface area contributed by atoms with Crippen LogP contribution >= 0.6 is 22.6 Å². The summed E-state index contributed by atoms with van der Waals surface area (Å²) in [6, 6.07) is 7.01. The van der Waals surface area contributed by atoms with Gasteiger partial charge >= 0.3 is 0 Å². The molecule has 3 fully saturated rings. The lowest BCUT2D eigenvalue weighted by Gasteiger charge is -2.61. The standard InChI is InChI=1S/C30H43IN2O5/c1-4-5-10-27(35)33(18-19-11-12-21-17-22(19)30(21,2)3)24-15-20(29(37)32-13-14-34)16-26(28(24)36)38-25-9-7-6-8-23(25)31/h6-9,16,19,21-22,24,26,28,34,36H,4-5,10-15,17-18H2,1-3H3,(H,32,37)/t19-,21-,22-,24+,26-,28-/m0/s1. The number of benzene rings is 1. The van der Waals surface area contributed by atoms with E-state index >= 15 is 0 Å². The van der Waals surface area contributed by atoms with Gasteiger partial charge in [0.1, 0.15) is 18.0 Å². The zero-order valence-electron chi connectivity index (χ0n) is 22.9. The summed E-state index contributed by atoms with van der Waals surface area (Å²) in [6.07, 6.45) is 5.83. The highest BCUT2D eigenvalue weighted by atomic mass is 127. The molecule has 1 aromatic rings. The third kappa shape index (κ3) is 6.22. The first-order chi connectivity index (χ1) is 18.2. The van der Waals surface area contributed by atoms with Gasteiger partial charge in [-0.15, -0.1) is 0 Å². The fourth-order valence-electron chi connectivity index (χ4n) is 6.79. The molecule has 0 radical (unpaired) electrons. The number of rotatable bonds is 11. The van der Waals surface area contributed by atoms with Crippen molar-refractivity contribution >= 4 is 34.4 Å². The summed E-state index contributed by atoms with van der Waals surface area (Å²) in [5.41, 5.74) is 0.766. The van der Waals surface area contributed by atoms with Crippen LogP contribution in [0.4, 0.5) is 0 Å². The highest BCUT2D eigenvalue weighted by Crippen LogP contribution is 2.61. The lowest BCUT2D eigenvalue weighted by molar-refractivity contribution is -0.148. The number of carbonyl (C=O) groups is 2. The van der Waals surface area contributed by atoms with Crippen molar-refractivity contribution in [2.75, 3.05) is 19.7 Å². The number of carbonyl (C=O) groups excluding carboxylic acids is 2. The Morgan fingerprint density at radius 2 is 2.00 bits per heavy atom. The minimum atomic E-state index is -0.975. The van der Waals surface area contributed by atoms with Gasteiger partial charge in [-0.3, -0.25) is 9.59 Å². The van der Waals surface area contributed by atoms with Crippen LogP contribution in [0.15, 0.2) is 35.9 Å². The molecule has 7 nitrogen and oxygen atoms in total. The monoisotopic (exact) mass is 638 g/mol. The van der Waals surface area contributed by atoms with Crippen LogP contribution in [0.2, 0.25) is 0 Å². The summed E-state index contributed by atoms with van der Waals surface area (Å²) in [7, 11) is 0. The molecule has 0 unspecified atom stereocenters. The average molecular weight is 639 g/mol. The summed E-state index contributed by atoms with van der Waals surface area (Å²) >= 11 is 2.19. The third-order valence-electron chi connectivity index (χ3n) is 9.21. The first-order valence-corrected chi connectivity index (χ1v) is 15.2. The maximum absolute atomic E-state index is 13.7. The number of halogens is 1. The molecule has 0 heterocycles. The Hall–Kier alpha value is -1.65. The first kappa shape index (κ1) is 29.3. The molecule has 4 aliphatic carbocycles. The van der Waals surface area contributed by atoms with Gasteiger partial charge in [0.25, 0.3) is 0 Å². The van der Waals surface area contributed by atoms with E-state index in [1.54, 1.807) is 6.08 Å². The number of aliphatic hydroxyl groups is 2. The van der Waals surface area contributed by atoms with Gasteiger partial charge in [0, 0.05) is 31.5 Å². The topological polar surface area (TPSA) is 99.1 Å². The second-order valence-electron chi connectivity index (χ2n) is 11.8. The molecule has 2 bridgehead atoms. The molecule has 2 amide bonds. The van der Waals surface area contributed by atoms with E-state index < -0.39 is 18.2 Å². The molecule has 4 aliphatic rings. The number of amides is 2. The number of nitrogens with zero attached hydrogens (tertiary/aromatic N) is 1. The summed E-state index contributed by atoms with van der Waals surface area (Å²) < 4.78 is 7.18. The molecule has 8 heteroatoms. The average Bonchev–Trinajstić information content (AvgIpc) is 2.91. The summed E-state index contributed by atoms with van der Waals surface area (Å²) in [6.45, 7) is 7.37. The van der Waals surface area contributed by atoms with E-state index in [1.165, 1.54) is 12.8 Å². The predicted octanol–water partition coefficient (Wildman–Crippen LogP) is 4.30. The highest BCUT2D eigenvalue weighted by molar-refractivity contribution is 14.1. The number of nitrogens with one attached hydrogen (secondary N) is 1. The SMILES string of the molecule is CCCCC(=O)N(C[C@@H]1CC[C@H]2C[C@@H]1C2(C)C)[C@@H]1CC(C(=O)NCCO)=C[C@H](Oc2ccccc2I)[C@H]1O. The van der Waals surface area contributed by atoms with Gasteiger partial charge in [-0.2, -0.15) is 0 Å². The molecule has 1 aromatic carbocycles. The van der Waals surface area contributed by atoms with Crippen LogP contribution in [0.3, 0.4) is 0 Å². The van der Waals surface area contributed by atoms with Gasteiger partial charge in [0.05, 0.1) is 16.2 Å². The van der Waals surface area contributed by atoms with Crippen molar-refractivity contribution in [2.24, 2.45) is 23.2 Å². The molecular weight excluding hydrogens is 595 g/mol. The molecule has 0 aliphatic heterocycles.